The number of nitrogens with zero attached hydrogens (tertiary/aromatic N) is 1. The Kier molecular flexibility index (Phi) is 5.27. The molecule has 168 valence electrons. The second kappa shape index (κ2) is 8.73. The summed E-state index contributed by atoms with van der Waals surface area (Å²) in [7, 11) is 0. The molecule has 0 bridgehead atoms. The number of benzene rings is 4. The molecule has 0 spiro atoms. The molecule has 0 radical (unpaired) electrons. The standard InChI is InChI=1S/C33H25NO/c1-22-7-6-10-25(17-22)29-13-11-27(31-18-23(2)15-16-34-31)20-30(29)26-12-14-32-28(19-26)21-33(35-32)24-8-4-3-5-9-24/h3-21H,1-2H3. The second-order valence-electron chi connectivity index (χ2n) is 9.08. The predicted molar refractivity (Wildman–Crippen MR) is 145 cm³/mol. The van der Waals surface area contributed by atoms with Gasteiger partial charge >= 0.3 is 0 Å². The van der Waals surface area contributed by atoms with Gasteiger partial charge in [0.25, 0.3) is 0 Å². The van der Waals surface area contributed by atoms with E-state index in [9.17, 15) is 0 Å². The first-order valence-corrected chi connectivity index (χ1v) is 11.9. The van der Waals surface area contributed by atoms with E-state index in [4.69, 9.17) is 4.42 Å². The van der Waals surface area contributed by atoms with E-state index in [1.165, 1.54) is 27.8 Å². The summed E-state index contributed by atoms with van der Waals surface area (Å²) in [6.07, 6.45) is 1.88. The van der Waals surface area contributed by atoms with Gasteiger partial charge in [-0.2, -0.15) is 0 Å². The van der Waals surface area contributed by atoms with E-state index < -0.39 is 0 Å². The van der Waals surface area contributed by atoms with Crippen LogP contribution in [0.25, 0.3) is 55.8 Å². The quantitative estimate of drug-likeness (QED) is 0.267. The molecule has 2 heteroatoms. The third-order valence-corrected chi connectivity index (χ3v) is 6.45. The van der Waals surface area contributed by atoms with E-state index in [2.05, 4.69) is 104 Å². The van der Waals surface area contributed by atoms with Crippen LogP contribution in [0.4, 0.5) is 0 Å². The highest BCUT2D eigenvalue weighted by Gasteiger charge is 2.13. The van der Waals surface area contributed by atoms with E-state index in [0.29, 0.717) is 0 Å². The molecule has 35 heavy (non-hydrogen) atoms. The molecule has 0 amide bonds. The number of aryl methyl sites for hydroxylation is 2. The van der Waals surface area contributed by atoms with Crippen molar-refractivity contribution in [3.8, 4) is 44.8 Å². The third kappa shape index (κ3) is 4.15. The Morgan fingerprint density at radius 3 is 2.14 bits per heavy atom. The van der Waals surface area contributed by atoms with Crippen molar-refractivity contribution in [2.45, 2.75) is 13.8 Å². The lowest BCUT2D eigenvalue weighted by Crippen LogP contribution is -1.90. The number of pyridine rings is 1. The summed E-state index contributed by atoms with van der Waals surface area (Å²) in [6.45, 7) is 4.24. The number of rotatable bonds is 4. The molecule has 0 aliphatic rings. The first-order chi connectivity index (χ1) is 17.1. The molecule has 0 saturated heterocycles. The minimum Gasteiger partial charge on any atom is -0.456 e. The monoisotopic (exact) mass is 451 g/mol. The van der Waals surface area contributed by atoms with Gasteiger partial charge in [0.2, 0.25) is 0 Å². The summed E-state index contributed by atoms with van der Waals surface area (Å²) in [5.74, 6) is 0.884. The average molecular weight is 452 g/mol. The molecule has 0 N–H and O–H groups in total. The van der Waals surface area contributed by atoms with E-state index in [1.807, 2.05) is 30.5 Å². The van der Waals surface area contributed by atoms with Gasteiger partial charge in [0.05, 0.1) is 5.69 Å². The minimum atomic E-state index is 0.884. The molecule has 2 heterocycles. The number of aromatic nitrogens is 1. The smallest absolute Gasteiger partial charge is 0.135 e. The SMILES string of the molecule is Cc1cccc(-c2ccc(-c3cc(C)ccn3)cc2-c2ccc3oc(-c4ccccc4)cc3c2)c1. The van der Waals surface area contributed by atoms with Gasteiger partial charge in [-0.25, -0.2) is 0 Å². The molecular formula is C33H25NO. The van der Waals surface area contributed by atoms with Crippen LogP contribution < -0.4 is 0 Å². The number of furan rings is 1. The van der Waals surface area contributed by atoms with Gasteiger partial charge in [0, 0.05) is 22.7 Å². The van der Waals surface area contributed by atoms with Crippen LogP contribution in [-0.2, 0) is 0 Å². The van der Waals surface area contributed by atoms with Crippen molar-refractivity contribution < 1.29 is 4.42 Å². The summed E-state index contributed by atoms with van der Waals surface area (Å²) < 4.78 is 6.17. The maximum atomic E-state index is 6.17. The van der Waals surface area contributed by atoms with Gasteiger partial charge in [0.15, 0.2) is 0 Å². The molecular weight excluding hydrogens is 426 g/mol. The van der Waals surface area contributed by atoms with Crippen LogP contribution in [0.3, 0.4) is 0 Å². The van der Waals surface area contributed by atoms with Crippen molar-refractivity contribution in [1.29, 1.82) is 0 Å². The topological polar surface area (TPSA) is 26.0 Å². The normalized spacial score (nSPS) is 11.1. The molecule has 6 aromatic rings. The summed E-state index contributed by atoms with van der Waals surface area (Å²) in [5.41, 5.74) is 11.3. The molecule has 0 atom stereocenters. The molecule has 0 saturated carbocycles. The molecule has 0 fully saturated rings. The van der Waals surface area contributed by atoms with Crippen LogP contribution in [0.2, 0.25) is 0 Å². The Morgan fingerprint density at radius 2 is 1.31 bits per heavy atom. The van der Waals surface area contributed by atoms with Gasteiger partial charge in [-0.3, -0.25) is 4.98 Å². The molecule has 4 aromatic carbocycles. The van der Waals surface area contributed by atoms with Crippen LogP contribution in [0.15, 0.2) is 120 Å². The fourth-order valence-electron chi connectivity index (χ4n) is 4.66. The van der Waals surface area contributed by atoms with Gasteiger partial charge in [0.1, 0.15) is 11.3 Å². The maximum absolute atomic E-state index is 6.17. The van der Waals surface area contributed by atoms with Crippen LogP contribution in [0.1, 0.15) is 11.1 Å². The zero-order chi connectivity index (χ0) is 23.8. The highest BCUT2D eigenvalue weighted by atomic mass is 16.3. The Bertz CT molecular complexity index is 1660. The Labute approximate surface area is 205 Å². The van der Waals surface area contributed by atoms with Crippen molar-refractivity contribution in [3.05, 3.63) is 127 Å². The number of hydrogen-bond acceptors (Lipinski definition) is 2. The number of hydrogen-bond donors (Lipinski definition) is 0. The van der Waals surface area contributed by atoms with Crippen molar-refractivity contribution in [3.63, 3.8) is 0 Å². The summed E-state index contributed by atoms with van der Waals surface area (Å²) in [5, 5.41) is 1.09. The predicted octanol–water partition coefficient (Wildman–Crippen LogP) is 9.11. The molecule has 0 aliphatic carbocycles. The van der Waals surface area contributed by atoms with Crippen LogP contribution >= 0.6 is 0 Å². The molecule has 0 aliphatic heterocycles. The Balaban J connectivity index is 1.53. The zero-order valence-corrected chi connectivity index (χ0v) is 19.8. The lowest BCUT2D eigenvalue weighted by Gasteiger charge is -2.14. The minimum absolute atomic E-state index is 0.884. The molecule has 0 unspecified atom stereocenters. The van der Waals surface area contributed by atoms with Crippen LogP contribution in [0.5, 0.6) is 0 Å². The second-order valence-corrected chi connectivity index (χ2v) is 9.08. The lowest BCUT2D eigenvalue weighted by molar-refractivity contribution is 0.631. The van der Waals surface area contributed by atoms with Crippen LogP contribution in [0, 0.1) is 13.8 Å². The van der Waals surface area contributed by atoms with Gasteiger partial charge in [-0.15, -0.1) is 0 Å². The maximum Gasteiger partial charge on any atom is 0.135 e. The molecule has 2 nitrogen and oxygen atoms in total. The van der Waals surface area contributed by atoms with Crippen LogP contribution in [-0.4, -0.2) is 4.98 Å². The van der Waals surface area contributed by atoms with Crippen molar-refractivity contribution in [1.82, 2.24) is 4.98 Å². The highest BCUT2D eigenvalue weighted by molar-refractivity contribution is 5.92. The number of fused-ring (bicyclic) bond motifs is 1. The van der Waals surface area contributed by atoms with Gasteiger partial charge in [-0.05, 0) is 78.1 Å². The highest BCUT2D eigenvalue weighted by Crippen LogP contribution is 2.38. The summed E-state index contributed by atoms with van der Waals surface area (Å²) in [4.78, 5) is 4.63. The van der Waals surface area contributed by atoms with Crippen molar-refractivity contribution in [2.75, 3.05) is 0 Å². The first-order valence-electron chi connectivity index (χ1n) is 11.9. The van der Waals surface area contributed by atoms with Crippen molar-refractivity contribution in [2.24, 2.45) is 0 Å². The largest absolute Gasteiger partial charge is 0.456 e. The molecule has 6 rings (SSSR count). The fraction of sp³-hybridized carbons (Fsp3) is 0.0606. The Hall–Kier alpha value is -4.43. The van der Waals surface area contributed by atoms with E-state index in [1.54, 1.807) is 0 Å². The zero-order valence-electron chi connectivity index (χ0n) is 19.8. The van der Waals surface area contributed by atoms with E-state index in [0.717, 1.165) is 39.1 Å². The first kappa shape index (κ1) is 21.1. The third-order valence-electron chi connectivity index (χ3n) is 6.45. The van der Waals surface area contributed by atoms with Gasteiger partial charge < -0.3 is 4.42 Å². The molecule has 2 aromatic heterocycles. The van der Waals surface area contributed by atoms with E-state index in [-0.39, 0.29) is 0 Å². The van der Waals surface area contributed by atoms with Crippen molar-refractivity contribution >= 4 is 11.0 Å². The summed E-state index contributed by atoms with van der Waals surface area (Å²) >= 11 is 0. The Morgan fingerprint density at radius 1 is 0.543 bits per heavy atom. The lowest BCUT2D eigenvalue weighted by atomic mass is 9.91. The average Bonchev–Trinajstić information content (AvgIpc) is 3.32. The fourth-order valence-corrected chi connectivity index (χ4v) is 4.66. The van der Waals surface area contributed by atoms with Gasteiger partial charge in [-0.1, -0.05) is 78.4 Å². The summed E-state index contributed by atoms with van der Waals surface area (Å²) in [6, 6.07) is 38.3. The van der Waals surface area contributed by atoms with E-state index >= 15 is 0 Å².